The molecule has 6 heteroatoms. The van der Waals surface area contributed by atoms with Crippen LogP contribution in [0.5, 0.6) is 0 Å². The minimum Gasteiger partial charge on any atom is -0.322 e. The molecular formula is C13H15ClF2N2O. The number of halogens is 3. The Kier molecular flexibility index (Phi) is 4.06. The molecule has 0 radical (unpaired) electrons. The summed E-state index contributed by atoms with van der Waals surface area (Å²) in [7, 11) is 0. The molecule has 2 rings (SSSR count). The van der Waals surface area contributed by atoms with Crippen molar-refractivity contribution in [2.75, 3.05) is 18.4 Å². The van der Waals surface area contributed by atoms with E-state index < -0.39 is 17.0 Å². The van der Waals surface area contributed by atoms with Gasteiger partial charge in [-0.3, -0.25) is 4.79 Å². The molecule has 2 N–H and O–H groups in total. The van der Waals surface area contributed by atoms with E-state index in [-0.39, 0.29) is 16.6 Å². The Morgan fingerprint density at radius 1 is 1.37 bits per heavy atom. The highest BCUT2D eigenvalue weighted by Gasteiger charge is 2.35. The summed E-state index contributed by atoms with van der Waals surface area (Å²) in [5, 5.41) is 5.50. The maximum atomic E-state index is 13.6. The maximum Gasteiger partial charge on any atom is 0.230 e. The van der Waals surface area contributed by atoms with Crippen molar-refractivity contribution in [2.24, 2.45) is 5.41 Å². The van der Waals surface area contributed by atoms with E-state index in [9.17, 15) is 13.6 Å². The monoisotopic (exact) mass is 288 g/mol. The summed E-state index contributed by atoms with van der Waals surface area (Å²) in [5.41, 5.74) is -0.720. The first kappa shape index (κ1) is 14.2. The number of hydrogen-bond acceptors (Lipinski definition) is 2. The molecule has 0 unspecified atom stereocenters. The SMILES string of the molecule is CC1(C(=O)Nc2c(F)cc(F)cc2Cl)CCNCC1. The molecule has 104 valence electrons. The van der Waals surface area contributed by atoms with Crippen LogP contribution in [-0.2, 0) is 4.79 Å². The van der Waals surface area contributed by atoms with Crippen molar-refractivity contribution in [1.29, 1.82) is 0 Å². The molecule has 0 bridgehead atoms. The van der Waals surface area contributed by atoms with Gasteiger partial charge in [-0.25, -0.2) is 8.78 Å². The van der Waals surface area contributed by atoms with Gasteiger partial charge in [0, 0.05) is 11.5 Å². The summed E-state index contributed by atoms with van der Waals surface area (Å²) in [6.07, 6.45) is 1.33. The van der Waals surface area contributed by atoms with Gasteiger partial charge in [-0.05, 0) is 32.0 Å². The molecule has 0 atom stereocenters. The molecule has 1 aliphatic rings. The summed E-state index contributed by atoms with van der Waals surface area (Å²) in [6, 6.07) is 1.68. The second-order valence-electron chi connectivity index (χ2n) is 5.01. The normalized spacial score (nSPS) is 18.1. The molecule has 0 aromatic heterocycles. The van der Waals surface area contributed by atoms with E-state index in [1.165, 1.54) is 0 Å². The number of benzene rings is 1. The van der Waals surface area contributed by atoms with Crippen LogP contribution in [0.3, 0.4) is 0 Å². The molecule has 0 spiro atoms. The Balaban J connectivity index is 2.19. The number of carbonyl (C=O) groups excluding carboxylic acids is 1. The van der Waals surface area contributed by atoms with Gasteiger partial charge >= 0.3 is 0 Å². The lowest BCUT2D eigenvalue weighted by Gasteiger charge is -2.32. The second kappa shape index (κ2) is 5.43. The van der Waals surface area contributed by atoms with E-state index in [1.807, 2.05) is 6.92 Å². The van der Waals surface area contributed by atoms with Crippen molar-refractivity contribution in [1.82, 2.24) is 5.32 Å². The molecule has 1 aromatic carbocycles. The largest absolute Gasteiger partial charge is 0.322 e. The average molecular weight is 289 g/mol. The van der Waals surface area contributed by atoms with E-state index in [4.69, 9.17) is 11.6 Å². The smallest absolute Gasteiger partial charge is 0.230 e. The minimum absolute atomic E-state index is 0.136. The van der Waals surface area contributed by atoms with Crippen LogP contribution in [0.4, 0.5) is 14.5 Å². The number of hydrogen-bond donors (Lipinski definition) is 2. The van der Waals surface area contributed by atoms with Crippen molar-refractivity contribution in [3.8, 4) is 0 Å². The number of anilines is 1. The third-order valence-corrected chi connectivity index (χ3v) is 3.80. The van der Waals surface area contributed by atoms with Gasteiger partial charge in [0.15, 0.2) is 5.82 Å². The Bertz CT molecular complexity index is 478. The lowest BCUT2D eigenvalue weighted by molar-refractivity contribution is -0.126. The van der Waals surface area contributed by atoms with Gasteiger partial charge in [-0.2, -0.15) is 0 Å². The zero-order chi connectivity index (χ0) is 14.0. The molecule has 1 fully saturated rings. The number of amides is 1. The highest BCUT2D eigenvalue weighted by atomic mass is 35.5. The van der Waals surface area contributed by atoms with E-state index >= 15 is 0 Å². The molecular weight excluding hydrogens is 274 g/mol. The first-order valence-electron chi connectivity index (χ1n) is 6.09. The molecule has 1 saturated heterocycles. The van der Waals surface area contributed by atoms with Crippen molar-refractivity contribution in [3.63, 3.8) is 0 Å². The topological polar surface area (TPSA) is 41.1 Å². The Labute approximate surface area is 115 Å². The zero-order valence-corrected chi connectivity index (χ0v) is 11.3. The van der Waals surface area contributed by atoms with Crippen molar-refractivity contribution in [3.05, 3.63) is 28.8 Å². The highest BCUT2D eigenvalue weighted by Crippen LogP contribution is 2.32. The van der Waals surface area contributed by atoms with Crippen LogP contribution < -0.4 is 10.6 Å². The summed E-state index contributed by atoms with van der Waals surface area (Å²) in [4.78, 5) is 12.2. The van der Waals surface area contributed by atoms with Gasteiger partial charge in [0.05, 0.1) is 10.7 Å². The van der Waals surface area contributed by atoms with Gasteiger partial charge in [0.25, 0.3) is 0 Å². The van der Waals surface area contributed by atoms with Gasteiger partial charge in [0.2, 0.25) is 5.91 Å². The second-order valence-corrected chi connectivity index (χ2v) is 5.42. The molecule has 1 aliphatic heterocycles. The molecule has 1 amide bonds. The van der Waals surface area contributed by atoms with Crippen LogP contribution in [0.2, 0.25) is 5.02 Å². The average Bonchev–Trinajstić information content (AvgIpc) is 2.34. The van der Waals surface area contributed by atoms with Crippen LogP contribution in [-0.4, -0.2) is 19.0 Å². The first-order valence-corrected chi connectivity index (χ1v) is 6.47. The lowest BCUT2D eigenvalue weighted by Crippen LogP contribution is -2.43. The minimum atomic E-state index is -0.865. The maximum absolute atomic E-state index is 13.6. The number of rotatable bonds is 2. The first-order chi connectivity index (χ1) is 8.92. The fraction of sp³-hybridized carbons (Fsp3) is 0.462. The lowest BCUT2D eigenvalue weighted by atomic mass is 9.80. The van der Waals surface area contributed by atoms with Gasteiger partial charge in [-0.1, -0.05) is 18.5 Å². The van der Waals surface area contributed by atoms with E-state index in [1.54, 1.807) is 0 Å². The quantitative estimate of drug-likeness (QED) is 0.878. The number of piperidine rings is 1. The molecule has 3 nitrogen and oxygen atoms in total. The van der Waals surface area contributed by atoms with Gasteiger partial charge in [-0.15, -0.1) is 0 Å². The molecule has 0 aliphatic carbocycles. The number of carbonyl (C=O) groups is 1. The third kappa shape index (κ3) is 3.04. The van der Waals surface area contributed by atoms with E-state index in [0.29, 0.717) is 18.9 Å². The van der Waals surface area contributed by atoms with Crippen molar-refractivity contribution in [2.45, 2.75) is 19.8 Å². The summed E-state index contributed by atoms with van der Waals surface area (Å²) >= 11 is 5.76. The predicted octanol–water partition coefficient (Wildman–Crippen LogP) is 2.95. The summed E-state index contributed by atoms with van der Waals surface area (Å²) in [5.74, 6) is -1.93. The summed E-state index contributed by atoms with van der Waals surface area (Å²) in [6.45, 7) is 3.31. The predicted molar refractivity (Wildman–Crippen MR) is 70.2 cm³/mol. The van der Waals surface area contributed by atoms with Crippen LogP contribution in [0.15, 0.2) is 12.1 Å². The van der Waals surface area contributed by atoms with Gasteiger partial charge in [0.1, 0.15) is 5.82 Å². The highest BCUT2D eigenvalue weighted by molar-refractivity contribution is 6.33. The van der Waals surface area contributed by atoms with Crippen molar-refractivity contribution >= 4 is 23.2 Å². The fourth-order valence-electron chi connectivity index (χ4n) is 2.13. The zero-order valence-electron chi connectivity index (χ0n) is 10.5. The fourth-order valence-corrected chi connectivity index (χ4v) is 2.37. The van der Waals surface area contributed by atoms with E-state index in [2.05, 4.69) is 10.6 Å². The standard InChI is InChI=1S/C13H15ClF2N2O/c1-13(2-4-17-5-3-13)12(19)18-11-9(14)6-8(15)7-10(11)16/h6-7,17H,2-5H2,1H3,(H,18,19). The molecule has 1 heterocycles. The van der Waals surface area contributed by atoms with Crippen LogP contribution >= 0.6 is 11.6 Å². The summed E-state index contributed by atoms with van der Waals surface area (Å²) < 4.78 is 26.5. The molecule has 1 aromatic rings. The number of nitrogens with one attached hydrogen (secondary N) is 2. The Hall–Kier alpha value is -1.20. The van der Waals surface area contributed by atoms with Crippen LogP contribution in [0, 0.1) is 17.0 Å². The van der Waals surface area contributed by atoms with E-state index in [0.717, 1.165) is 19.2 Å². The Morgan fingerprint density at radius 2 is 2.00 bits per heavy atom. The van der Waals surface area contributed by atoms with Crippen molar-refractivity contribution < 1.29 is 13.6 Å². The van der Waals surface area contributed by atoms with Gasteiger partial charge < -0.3 is 10.6 Å². The third-order valence-electron chi connectivity index (χ3n) is 3.50. The molecule has 0 saturated carbocycles. The molecule has 19 heavy (non-hydrogen) atoms. The van der Waals surface area contributed by atoms with Crippen LogP contribution in [0.1, 0.15) is 19.8 Å². The van der Waals surface area contributed by atoms with Crippen LogP contribution in [0.25, 0.3) is 0 Å². The Morgan fingerprint density at radius 3 is 2.58 bits per heavy atom.